The molecule has 0 heterocycles. The van der Waals surface area contributed by atoms with E-state index >= 15 is 0 Å². The summed E-state index contributed by atoms with van der Waals surface area (Å²) in [6, 6.07) is 10.9. The van der Waals surface area contributed by atoms with E-state index in [1.54, 1.807) is 18.2 Å². The van der Waals surface area contributed by atoms with Crippen molar-refractivity contribution in [1.29, 1.82) is 0 Å². The quantitative estimate of drug-likeness (QED) is 0.516. The van der Waals surface area contributed by atoms with Crippen LogP contribution >= 0.6 is 23.2 Å². The van der Waals surface area contributed by atoms with Crippen LogP contribution in [0.4, 0.5) is 0 Å². The average molecular weight is 325 g/mol. The monoisotopic (exact) mass is 324 g/mol. The number of nitrogens with two attached hydrogens (primary N) is 1. The van der Waals surface area contributed by atoms with Crippen LogP contribution in [0.2, 0.25) is 10.0 Å². The van der Waals surface area contributed by atoms with Gasteiger partial charge in [-0.2, -0.15) is 5.10 Å². The minimum absolute atomic E-state index is 0.292. The Kier molecular flexibility index (Phi) is 5.31. The summed E-state index contributed by atoms with van der Waals surface area (Å²) < 4.78 is 11.0. The molecule has 4 nitrogen and oxygen atoms in total. The molecule has 0 bridgehead atoms. The predicted molar refractivity (Wildman–Crippen MR) is 85.6 cm³/mol. The van der Waals surface area contributed by atoms with Crippen molar-refractivity contribution >= 4 is 29.4 Å². The third kappa shape index (κ3) is 3.80. The van der Waals surface area contributed by atoms with Gasteiger partial charge in [0.2, 0.25) is 0 Å². The maximum Gasteiger partial charge on any atom is 0.180 e. The van der Waals surface area contributed by atoms with Crippen molar-refractivity contribution in [3.8, 4) is 11.5 Å². The van der Waals surface area contributed by atoms with Crippen molar-refractivity contribution in [1.82, 2.24) is 0 Å². The molecule has 6 heteroatoms. The Balaban J connectivity index is 2.25. The molecule has 0 unspecified atom stereocenters. The molecule has 2 rings (SSSR count). The second-order valence-electron chi connectivity index (χ2n) is 4.19. The number of methoxy groups -OCH3 is 1. The standard InChI is InChI=1S/C15H14Cl2N2O2/c1-20-14-7-10(8-19-18)6-13(17)15(14)21-9-11-4-2-3-5-12(11)16/h2-8H,9,18H2,1H3. The second kappa shape index (κ2) is 7.20. The highest BCUT2D eigenvalue weighted by molar-refractivity contribution is 6.32. The van der Waals surface area contributed by atoms with E-state index in [0.717, 1.165) is 11.1 Å². The zero-order valence-corrected chi connectivity index (χ0v) is 12.9. The molecule has 0 saturated carbocycles. The number of benzene rings is 2. The molecule has 0 amide bonds. The summed E-state index contributed by atoms with van der Waals surface area (Å²) in [7, 11) is 1.54. The summed E-state index contributed by atoms with van der Waals surface area (Å²) in [6.45, 7) is 0.292. The summed E-state index contributed by atoms with van der Waals surface area (Å²) in [4.78, 5) is 0. The van der Waals surface area contributed by atoms with Gasteiger partial charge in [0.05, 0.1) is 18.3 Å². The van der Waals surface area contributed by atoms with E-state index in [-0.39, 0.29) is 0 Å². The van der Waals surface area contributed by atoms with Crippen LogP contribution in [-0.4, -0.2) is 13.3 Å². The lowest BCUT2D eigenvalue weighted by molar-refractivity contribution is 0.285. The second-order valence-corrected chi connectivity index (χ2v) is 5.01. The molecule has 0 aliphatic carbocycles. The number of ether oxygens (including phenoxy) is 2. The largest absolute Gasteiger partial charge is 0.493 e. The van der Waals surface area contributed by atoms with E-state index in [9.17, 15) is 0 Å². The first-order chi connectivity index (χ1) is 10.2. The van der Waals surface area contributed by atoms with Crippen LogP contribution < -0.4 is 15.3 Å². The van der Waals surface area contributed by atoms with Crippen LogP contribution in [0, 0.1) is 0 Å². The van der Waals surface area contributed by atoms with E-state index in [1.807, 2.05) is 18.2 Å². The zero-order chi connectivity index (χ0) is 15.2. The highest BCUT2D eigenvalue weighted by Gasteiger charge is 2.12. The van der Waals surface area contributed by atoms with Gasteiger partial charge in [0.1, 0.15) is 6.61 Å². The fourth-order valence-electron chi connectivity index (χ4n) is 1.81. The van der Waals surface area contributed by atoms with Gasteiger partial charge in [0, 0.05) is 10.6 Å². The van der Waals surface area contributed by atoms with Crippen LogP contribution in [0.1, 0.15) is 11.1 Å². The smallest absolute Gasteiger partial charge is 0.180 e. The van der Waals surface area contributed by atoms with Gasteiger partial charge in [0.15, 0.2) is 11.5 Å². The number of hydrazone groups is 1. The first kappa shape index (κ1) is 15.5. The van der Waals surface area contributed by atoms with Crippen molar-refractivity contribution in [3.63, 3.8) is 0 Å². The first-order valence-electron chi connectivity index (χ1n) is 6.12. The molecule has 0 saturated heterocycles. The molecule has 0 aliphatic rings. The van der Waals surface area contributed by atoms with Gasteiger partial charge in [-0.05, 0) is 23.8 Å². The summed E-state index contributed by atoms with van der Waals surface area (Å²) in [5.41, 5.74) is 1.59. The lowest BCUT2D eigenvalue weighted by atomic mass is 10.2. The van der Waals surface area contributed by atoms with Gasteiger partial charge < -0.3 is 15.3 Å². The highest BCUT2D eigenvalue weighted by Crippen LogP contribution is 2.36. The van der Waals surface area contributed by atoms with Crippen molar-refractivity contribution in [3.05, 3.63) is 57.6 Å². The Morgan fingerprint density at radius 3 is 2.62 bits per heavy atom. The maximum absolute atomic E-state index is 6.21. The van der Waals surface area contributed by atoms with Gasteiger partial charge in [-0.3, -0.25) is 0 Å². The molecule has 110 valence electrons. The van der Waals surface area contributed by atoms with Gasteiger partial charge in [-0.25, -0.2) is 0 Å². The topological polar surface area (TPSA) is 56.8 Å². The third-order valence-electron chi connectivity index (χ3n) is 2.81. The van der Waals surface area contributed by atoms with Crippen LogP contribution in [0.5, 0.6) is 11.5 Å². The van der Waals surface area contributed by atoms with Crippen molar-refractivity contribution in [2.75, 3.05) is 7.11 Å². The molecule has 0 aromatic heterocycles. The zero-order valence-electron chi connectivity index (χ0n) is 11.3. The molecule has 0 aliphatic heterocycles. The Morgan fingerprint density at radius 2 is 1.95 bits per heavy atom. The molecule has 0 radical (unpaired) electrons. The normalized spacial score (nSPS) is 10.8. The van der Waals surface area contributed by atoms with Gasteiger partial charge >= 0.3 is 0 Å². The summed E-state index contributed by atoms with van der Waals surface area (Å²) in [6.07, 6.45) is 1.48. The molecule has 0 fully saturated rings. The lowest BCUT2D eigenvalue weighted by Gasteiger charge is -2.13. The number of halogens is 2. The predicted octanol–water partition coefficient (Wildman–Crippen LogP) is 3.87. The summed E-state index contributed by atoms with van der Waals surface area (Å²) >= 11 is 12.3. The molecular formula is C15H14Cl2N2O2. The maximum atomic E-state index is 6.21. The summed E-state index contributed by atoms with van der Waals surface area (Å²) in [5.74, 6) is 6.09. The average Bonchev–Trinajstić information content (AvgIpc) is 2.47. The van der Waals surface area contributed by atoms with Crippen molar-refractivity contribution in [2.45, 2.75) is 6.61 Å². The minimum atomic E-state index is 0.292. The lowest BCUT2D eigenvalue weighted by Crippen LogP contribution is -2.00. The molecule has 0 atom stereocenters. The molecular weight excluding hydrogens is 311 g/mol. The van der Waals surface area contributed by atoms with E-state index < -0.39 is 0 Å². The molecule has 2 aromatic carbocycles. The molecule has 0 spiro atoms. The summed E-state index contributed by atoms with van der Waals surface area (Å²) in [5, 5.41) is 4.51. The van der Waals surface area contributed by atoms with Crippen LogP contribution in [0.3, 0.4) is 0 Å². The van der Waals surface area contributed by atoms with Crippen LogP contribution in [0.25, 0.3) is 0 Å². The Labute approximate surface area is 133 Å². The SMILES string of the molecule is COc1cc(C=NN)cc(Cl)c1OCc1ccccc1Cl. The van der Waals surface area contributed by atoms with Gasteiger partial charge in [0.25, 0.3) is 0 Å². The minimum Gasteiger partial charge on any atom is -0.493 e. The fraction of sp³-hybridized carbons (Fsp3) is 0.133. The Morgan fingerprint density at radius 1 is 1.19 bits per heavy atom. The number of nitrogens with zero attached hydrogens (tertiary/aromatic N) is 1. The first-order valence-corrected chi connectivity index (χ1v) is 6.88. The highest BCUT2D eigenvalue weighted by atomic mass is 35.5. The number of hydrogen-bond acceptors (Lipinski definition) is 4. The van der Waals surface area contributed by atoms with Crippen molar-refractivity contribution < 1.29 is 9.47 Å². The van der Waals surface area contributed by atoms with Gasteiger partial charge in [-0.15, -0.1) is 0 Å². The third-order valence-corrected chi connectivity index (χ3v) is 3.45. The Bertz CT molecular complexity index is 660. The number of hydrogen-bond donors (Lipinski definition) is 1. The molecule has 2 N–H and O–H groups in total. The van der Waals surface area contributed by atoms with Gasteiger partial charge in [-0.1, -0.05) is 41.4 Å². The van der Waals surface area contributed by atoms with Crippen molar-refractivity contribution in [2.24, 2.45) is 10.9 Å². The van der Waals surface area contributed by atoms with E-state index in [4.69, 9.17) is 38.5 Å². The van der Waals surface area contributed by atoms with E-state index in [2.05, 4.69) is 5.10 Å². The Hall–Kier alpha value is -1.91. The molecule has 21 heavy (non-hydrogen) atoms. The molecule has 2 aromatic rings. The fourth-order valence-corrected chi connectivity index (χ4v) is 2.27. The van der Waals surface area contributed by atoms with E-state index in [0.29, 0.717) is 28.2 Å². The van der Waals surface area contributed by atoms with Crippen LogP contribution in [-0.2, 0) is 6.61 Å². The van der Waals surface area contributed by atoms with Crippen LogP contribution in [0.15, 0.2) is 41.5 Å². The number of rotatable bonds is 5. The van der Waals surface area contributed by atoms with E-state index in [1.165, 1.54) is 13.3 Å².